The van der Waals surface area contributed by atoms with Gasteiger partial charge in [0.25, 0.3) is 0 Å². The summed E-state index contributed by atoms with van der Waals surface area (Å²) in [6.07, 6.45) is 2.23. The molecule has 1 unspecified atom stereocenters. The molecule has 4 heteroatoms. The molecule has 0 heterocycles. The number of aliphatic hydroxyl groups is 1. The summed E-state index contributed by atoms with van der Waals surface area (Å²) in [6.45, 7) is 4.65. The fraction of sp³-hybridized carbons (Fsp3) is 0.588. The van der Waals surface area contributed by atoms with Crippen molar-refractivity contribution >= 4 is 5.97 Å². The number of benzene rings is 1. The monoisotopic (exact) mass is 291 g/mol. The Balaban J connectivity index is 1.85. The molecule has 116 valence electrons. The van der Waals surface area contributed by atoms with Crippen molar-refractivity contribution in [1.82, 2.24) is 5.32 Å². The number of carboxylic acids is 1. The van der Waals surface area contributed by atoms with Gasteiger partial charge in [-0.15, -0.1) is 0 Å². The zero-order chi connectivity index (χ0) is 15.5. The first-order valence-electron chi connectivity index (χ1n) is 7.65. The first-order chi connectivity index (χ1) is 9.89. The molecule has 3 N–H and O–H groups in total. The summed E-state index contributed by atoms with van der Waals surface area (Å²) >= 11 is 0. The van der Waals surface area contributed by atoms with Crippen LogP contribution in [0.5, 0.6) is 0 Å². The Bertz CT molecular complexity index is 475. The molecule has 4 nitrogen and oxygen atoms in total. The average Bonchev–Trinajstić information content (AvgIpc) is 2.46. The van der Waals surface area contributed by atoms with Crippen LogP contribution in [0.15, 0.2) is 24.3 Å². The van der Waals surface area contributed by atoms with Gasteiger partial charge in [0.2, 0.25) is 0 Å². The molecule has 0 saturated heterocycles. The van der Waals surface area contributed by atoms with Gasteiger partial charge in [0.1, 0.15) is 0 Å². The molecule has 1 fully saturated rings. The van der Waals surface area contributed by atoms with Crippen LogP contribution in [0, 0.1) is 12.8 Å². The van der Waals surface area contributed by atoms with E-state index >= 15 is 0 Å². The average molecular weight is 291 g/mol. The molecular weight excluding hydrogens is 266 g/mol. The van der Waals surface area contributed by atoms with Crippen LogP contribution >= 0.6 is 0 Å². The van der Waals surface area contributed by atoms with Crippen molar-refractivity contribution in [3.05, 3.63) is 35.4 Å². The second-order valence-corrected chi connectivity index (χ2v) is 6.35. The molecular formula is C17H25NO3. The van der Waals surface area contributed by atoms with Gasteiger partial charge in [-0.25, -0.2) is 0 Å². The molecule has 1 aromatic rings. The van der Waals surface area contributed by atoms with Crippen molar-refractivity contribution in [2.75, 3.05) is 6.54 Å². The van der Waals surface area contributed by atoms with E-state index in [0.29, 0.717) is 32.2 Å². The van der Waals surface area contributed by atoms with Crippen LogP contribution in [-0.2, 0) is 4.79 Å². The predicted molar refractivity (Wildman–Crippen MR) is 82.1 cm³/mol. The zero-order valence-corrected chi connectivity index (χ0v) is 12.8. The van der Waals surface area contributed by atoms with Crippen LogP contribution in [-0.4, -0.2) is 28.3 Å². The molecule has 1 aliphatic rings. The number of nitrogens with one attached hydrogen (secondary N) is 1. The van der Waals surface area contributed by atoms with Crippen molar-refractivity contribution in [3.63, 3.8) is 0 Å². The number of aliphatic carboxylic acids is 1. The molecule has 0 amide bonds. The lowest BCUT2D eigenvalue weighted by atomic mass is 9.78. The van der Waals surface area contributed by atoms with E-state index in [0.717, 1.165) is 0 Å². The van der Waals surface area contributed by atoms with E-state index in [2.05, 4.69) is 43.4 Å². The molecule has 1 saturated carbocycles. The normalized spacial score (nSPS) is 27.3. The summed E-state index contributed by atoms with van der Waals surface area (Å²) in [5.41, 5.74) is 1.66. The topological polar surface area (TPSA) is 69.6 Å². The lowest BCUT2D eigenvalue weighted by molar-refractivity contribution is -0.144. The maximum Gasteiger partial charge on any atom is 0.306 e. The van der Waals surface area contributed by atoms with Crippen molar-refractivity contribution in [1.29, 1.82) is 0 Å². The highest BCUT2D eigenvalue weighted by Crippen LogP contribution is 2.32. The van der Waals surface area contributed by atoms with Gasteiger partial charge in [-0.05, 0) is 45.1 Å². The maximum absolute atomic E-state index is 10.9. The Morgan fingerprint density at radius 1 is 1.33 bits per heavy atom. The number of aryl methyl sites for hydroxylation is 1. The van der Waals surface area contributed by atoms with Crippen LogP contribution in [0.2, 0.25) is 0 Å². The van der Waals surface area contributed by atoms with E-state index in [-0.39, 0.29) is 12.0 Å². The lowest BCUT2D eigenvalue weighted by Gasteiger charge is -2.35. The summed E-state index contributed by atoms with van der Waals surface area (Å²) in [5.74, 6) is -1.03. The second-order valence-electron chi connectivity index (χ2n) is 6.35. The van der Waals surface area contributed by atoms with Gasteiger partial charge < -0.3 is 15.5 Å². The van der Waals surface area contributed by atoms with Crippen molar-refractivity contribution in [3.8, 4) is 0 Å². The van der Waals surface area contributed by atoms with Crippen LogP contribution in [0.4, 0.5) is 0 Å². The predicted octanol–water partition coefficient (Wildman–Crippen LogP) is 2.65. The Morgan fingerprint density at radius 2 is 1.90 bits per heavy atom. The van der Waals surface area contributed by atoms with Crippen LogP contribution in [0.3, 0.4) is 0 Å². The van der Waals surface area contributed by atoms with Gasteiger partial charge in [0, 0.05) is 12.6 Å². The number of hydrogen-bond acceptors (Lipinski definition) is 3. The van der Waals surface area contributed by atoms with Gasteiger partial charge >= 0.3 is 5.97 Å². The van der Waals surface area contributed by atoms with Crippen LogP contribution < -0.4 is 5.32 Å². The number of rotatable bonds is 5. The quantitative estimate of drug-likeness (QED) is 0.780. The third-order valence-electron chi connectivity index (χ3n) is 4.58. The smallest absolute Gasteiger partial charge is 0.306 e. The van der Waals surface area contributed by atoms with E-state index in [9.17, 15) is 9.90 Å². The largest absolute Gasteiger partial charge is 0.481 e. The van der Waals surface area contributed by atoms with Crippen molar-refractivity contribution in [2.24, 2.45) is 5.92 Å². The van der Waals surface area contributed by atoms with Crippen molar-refractivity contribution in [2.45, 2.75) is 51.2 Å². The Kier molecular flexibility index (Phi) is 5.01. The molecule has 21 heavy (non-hydrogen) atoms. The highest BCUT2D eigenvalue weighted by molar-refractivity contribution is 5.70. The molecule has 1 aromatic carbocycles. The van der Waals surface area contributed by atoms with Gasteiger partial charge in [0.05, 0.1) is 11.5 Å². The number of hydrogen-bond donors (Lipinski definition) is 3. The van der Waals surface area contributed by atoms with Gasteiger partial charge in [0.15, 0.2) is 0 Å². The molecule has 1 atom stereocenters. The first-order valence-corrected chi connectivity index (χ1v) is 7.65. The van der Waals surface area contributed by atoms with E-state index < -0.39 is 11.6 Å². The van der Waals surface area contributed by atoms with Crippen molar-refractivity contribution < 1.29 is 15.0 Å². The Hall–Kier alpha value is -1.39. The molecule has 1 aliphatic carbocycles. The summed E-state index contributed by atoms with van der Waals surface area (Å²) in [7, 11) is 0. The van der Waals surface area contributed by atoms with Crippen LogP contribution in [0.1, 0.15) is 49.8 Å². The molecule has 0 bridgehead atoms. The minimum absolute atomic E-state index is 0.173. The van der Waals surface area contributed by atoms with Gasteiger partial charge in [-0.1, -0.05) is 29.8 Å². The lowest BCUT2D eigenvalue weighted by Crippen LogP contribution is -2.45. The maximum atomic E-state index is 10.9. The minimum atomic E-state index is -0.773. The van der Waals surface area contributed by atoms with E-state index in [1.807, 2.05) is 0 Å². The third-order valence-corrected chi connectivity index (χ3v) is 4.58. The fourth-order valence-electron chi connectivity index (χ4n) is 2.89. The summed E-state index contributed by atoms with van der Waals surface area (Å²) in [6, 6.07) is 8.53. The van der Waals surface area contributed by atoms with E-state index in [1.165, 1.54) is 11.1 Å². The fourth-order valence-corrected chi connectivity index (χ4v) is 2.89. The summed E-state index contributed by atoms with van der Waals surface area (Å²) < 4.78 is 0. The number of carboxylic acid groups (broad SMARTS) is 1. The summed E-state index contributed by atoms with van der Waals surface area (Å²) in [4.78, 5) is 10.9. The minimum Gasteiger partial charge on any atom is -0.481 e. The highest BCUT2D eigenvalue weighted by atomic mass is 16.4. The SMILES string of the molecule is Cc1ccc(C(C)NCC2(O)CCC(C(=O)O)CC2)cc1. The standard InChI is InChI=1S/C17H25NO3/c1-12-3-5-14(6-4-12)13(2)18-11-17(21)9-7-15(8-10-17)16(19)20/h3-6,13,15,18,21H,7-11H2,1-2H3,(H,19,20). The van der Waals surface area contributed by atoms with Gasteiger partial charge in [-0.3, -0.25) is 4.79 Å². The third kappa shape index (κ3) is 4.29. The van der Waals surface area contributed by atoms with Gasteiger partial charge in [-0.2, -0.15) is 0 Å². The molecule has 0 radical (unpaired) electrons. The second kappa shape index (κ2) is 6.58. The highest BCUT2D eigenvalue weighted by Gasteiger charge is 2.35. The summed E-state index contributed by atoms with van der Waals surface area (Å²) in [5, 5.41) is 22.9. The molecule has 0 aromatic heterocycles. The molecule has 0 aliphatic heterocycles. The van der Waals surface area contributed by atoms with Crippen LogP contribution in [0.25, 0.3) is 0 Å². The van der Waals surface area contributed by atoms with E-state index in [1.54, 1.807) is 0 Å². The molecule has 0 spiro atoms. The van der Waals surface area contributed by atoms with E-state index in [4.69, 9.17) is 5.11 Å². The zero-order valence-electron chi connectivity index (χ0n) is 12.8. The number of carbonyl (C=O) groups is 1. The Labute approximate surface area is 126 Å². The Morgan fingerprint density at radius 3 is 2.43 bits per heavy atom. The first kappa shape index (κ1) is 16.0. The molecule has 2 rings (SSSR count).